The van der Waals surface area contributed by atoms with E-state index in [1.54, 1.807) is 19.1 Å². The number of hydrogen-bond donors (Lipinski definition) is 1. The number of hydrogen-bond acceptors (Lipinski definition) is 6. The second-order valence-corrected chi connectivity index (χ2v) is 7.75. The van der Waals surface area contributed by atoms with Crippen molar-refractivity contribution in [3.05, 3.63) is 82.5 Å². The lowest BCUT2D eigenvalue weighted by atomic mass is 10.0. The highest BCUT2D eigenvalue weighted by molar-refractivity contribution is 6.22. The van der Waals surface area contributed by atoms with Gasteiger partial charge in [0.1, 0.15) is 0 Å². The number of fused-ring (bicyclic) bond motifs is 1. The molecule has 0 radical (unpaired) electrons. The van der Waals surface area contributed by atoms with Crippen molar-refractivity contribution in [2.45, 2.75) is 39.2 Å². The van der Waals surface area contributed by atoms with E-state index in [1.807, 2.05) is 37.3 Å². The topological polar surface area (TPSA) is 105 Å². The third kappa shape index (κ3) is 4.30. The quantitative estimate of drug-likeness (QED) is 0.546. The summed E-state index contributed by atoms with van der Waals surface area (Å²) in [5.74, 6) is -0.0796. The molecule has 0 bridgehead atoms. The SMILES string of the molecule is CCCCN1C(=O)c2ccc(C(=O)NC(Cc3nc(C)no3)c3ccccc3)cc2C1=O. The van der Waals surface area contributed by atoms with Crippen LogP contribution in [0.3, 0.4) is 0 Å². The molecule has 0 saturated heterocycles. The zero-order chi connectivity index (χ0) is 22.7. The van der Waals surface area contributed by atoms with Gasteiger partial charge in [-0.2, -0.15) is 4.98 Å². The van der Waals surface area contributed by atoms with Crippen LogP contribution in [0.25, 0.3) is 0 Å². The molecule has 0 spiro atoms. The standard InChI is InChI=1S/C24H24N4O4/c1-3-4-12-28-23(30)18-11-10-17(13-19(18)24(28)31)22(29)26-20(16-8-6-5-7-9-16)14-21-25-15(2)27-32-21/h5-11,13,20H,3-4,12,14H2,1-2H3,(H,26,29). The van der Waals surface area contributed by atoms with Gasteiger partial charge in [0.05, 0.1) is 23.6 Å². The molecule has 8 nitrogen and oxygen atoms in total. The summed E-state index contributed by atoms with van der Waals surface area (Å²) in [6.45, 7) is 4.11. The van der Waals surface area contributed by atoms with Gasteiger partial charge in [0.2, 0.25) is 5.89 Å². The molecule has 1 unspecified atom stereocenters. The van der Waals surface area contributed by atoms with Gasteiger partial charge in [0, 0.05) is 12.1 Å². The summed E-state index contributed by atoms with van der Waals surface area (Å²) in [7, 11) is 0. The smallest absolute Gasteiger partial charge is 0.261 e. The van der Waals surface area contributed by atoms with Crippen molar-refractivity contribution in [3.8, 4) is 0 Å². The van der Waals surface area contributed by atoms with Gasteiger partial charge < -0.3 is 9.84 Å². The molecular weight excluding hydrogens is 408 g/mol. The molecule has 1 aliphatic heterocycles. The number of aromatic nitrogens is 2. The Kier molecular flexibility index (Phi) is 6.11. The van der Waals surface area contributed by atoms with E-state index in [0.29, 0.717) is 35.8 Å². The molecule has 1 aliphatic rings. The van der Waals surface area contributed by atoms with Crippen molar-refractivity contribution >= 4 is 17.7 Å². The molecular formula is C24H24N4O4. The van der Waals surface area contributed by atoms with Crippen LogP contribution in [0.15, 0.2) is 53.1 Å². The first-order valence-electron chi connectivity index (χ1n) is 10.6. The molecule has 2 aromatic carbocycles. The lowest BCUT2D eigenvalue weighted by Crippen LogP contribution is -2.31. The van der Waals surface area contributed by atoms with E-state index in [-0.39, 0.29) is 23.3 Å². The maximum absolute atomic E-state index is 13.1. The van der Waals surface area contributed by atoms with Crippen LogP contribution >= 0.6 is 0 Å². The maximum atomic E-state index is 13.1. The Bertz CT molecular complexity index is 1160. The van der Waals surface area contributed by atoms with Crippen LogP contribution < -0.4 is 5.32 Å². The predicted octanol–water partition coefficient (Wildman–Crippen LogP) is 3.49. The van der Waals surface area contributed by atoms with E-state index in [4.69, 9.17) is 4.52 Å². The number of aryl methyl sites for hydroxylation is 1. The molecule has 3 aromatic rings. The lowest BCUT2D eigenvalue weighted by molar-refractivity contribution is 0.0652. The number of nitrogens with one attached hydrogen (secondary N) is 1. The van der Waals surface area contributed by atoms with Gasteiger partial charge in [-0.1, -0.05) is 48.8 Å². The summed E-state index contributed by atoms with van der Waals surface area (Å²) in [5.41, 5.74) is 1.80. The van der Waals surface area contributed by atoms with Crippen LogP contribution in [0, 0.1) is 6.92 Å². The summed E-state index contributed by atoms with van der Waals surface area (Å²) in [6, 6.07) is 13.7. The third-order valence-electron chi connectivity index (χ3n) is 5.42. The zero-order valence-electron chi connectivity index (χ0n) is 18.0. The molecule has 0 aliphatic carbocycles. The minimum Gasteiger partial charge on any atom is -0.345 e. The first-order chi connectivity index (χ1) is 15.5. The first kappa shape index (κ1) is 21.4. The van der Waals surface area contributed by atoms with Crippen molar-refractivity contribution in [2.24, 2.45) is 0 Å². The van der Waals surface area contributed by atoms with E-state index in [2.05, 4.69) is 15.5 Å². The van der Waals surface area contributed by atoms with Crippen LogP contribution in [0.4, 0.5) is 0 Å². The average Bonchev–Trinajstić information content (AvgIpc) is 3.32. The monoisotopic (exact) mass is 432 g/mol. The molecule has 8 heteroatoms. The fraction of sp³-hybridized carbons (Fsp3) is 0.292. The van der Waals surface area contributed by atoms with Crippen molar-refractivity contribution < 1.29 is 18.9 Å². The fourth-order valence-corrected chi connectivity index (χ4v) is 3.73. The Morgan fingerprint density at radius 2 is 1.84 bits per heavy atom. The van der Waals surface area contributed by atoms with Gasteiger partial charge in [0.15, 0.2) is 5.82 Å². The van der Waals surface area contributed by atoms with Crippen LogP contribution in [-0.4, -0.2) is 39.3 Å². The molecule has 32 heavy (non-hydrogen) atoms. The highest BCUT2D eigenvalue weighted by atomic mass is 16.5. The predicted molar refractivity (Wildman–Crippen MR) is 116 cm³/mol. The summed E-state index contributed by atoms with van der Waals surface area (Å²) in [5, 5.41) is 6.80. The summed E-state index contributed by atoms with van der Waals surface area (Å²) in [6.07, 6.45) is 1.94. The van der Waals surface area contributed by atoms with Gasteiger partial charge in [-0.05, 0) is 37.1 Å². The van der Waals surface area contributed by atoms with E-state index < -0.39 is 6.04 Å². The Labute approximate surface area is 185 Å². The molecule has 2 heterocycles. The number of nitrogens with zero attached hydrogens (tertiary/aromatic N) is 3. The summed E-state index contributed by atoms with van der Waals surface area (Å²) < 4.78 is 5.23. The number of unbranched alkanes of at least 4 members (excludes halogenated alkanes) is 1. The summed E-state index contributed by atoms with van der Waals surface area (Å²) in [4.78, 5) is 43.8. The van der Waals surface area contributed by atoms with Gasteiger partial charge in [-0.15, -0.1) is 0 Å². The van der Waals surface area contributed by atoms with Crippen molar-refractivity contribution in [2.75, 3.05) is 6.54 Å². The minimum atomic E-state index is -0.407. The van der Waals surface area contributed by atoms with Gasteiger partial charge in [-0.25, -0.2) is 0 Å². The van der Waals surface area contributed by atoms with Gasteiger partial charge in [0.25, 0.3) is 17.7 Å². The number of benzene rings is 2. The van der Waals surface area contributed by atoms with Crippen LogP contribution in [0.5, 0.6) is 0 Å². The molecule has 1 aromatic heterocycles. The van der Waals surface area contributed by atoms with Gasteiger partial charge in [-0.3, -0.25) is 19.3 Å². The Balaban J connectivity index is 1.56. The second-order valence-electron chi connectivity index (χ2n) is 7.75. The van der Waals surface area contributed by atoms with E-state index in [9.17, 15) is 14.4 Å². The van der Waals surface area contributed by atoms with E-state index >= 15 is 0 Å². The molecule has 3 amide bonds. The number of amides is 3. The van der Waals surface area contributed by atoms with Crippen molar-refractivity contribution in [1.82, 2.24) is 20.4 Å². The number of imide groups is 1. The largest absolute Gasteiger partial charge is 0.345 e. The molecule has 164 valence electrons. The molecule has 0 fully saturated rings. The Hall–Kier alpha value is -3.81. The Morgan fingerprint density at radius 1 is 1.09 bits per heavy atom. The average molecular weight is 432 g/mol. The van der Waals surface area contributed by atoms with E-state index in [1.165, 1.54) is 11.0 Å². The fourth-order valence-electron chi connectivity index (χ4n) is 3.73. The molecule has 1 atom stereocenters. The van der Waals surface area contributed by atoms with E-state index in [0.717, 1.165) is 18.4 Å². The summed E-state index contributed by atoms with van der Waals surface area (Å²) >= 11 is 0. The molecule has 1 N–H and O–H groups in total. The van der Waals surface area contributed by atoms with Crippen LogP contribution in [0.2, 0.25) is 0 Å². The maximum Gasteiger partial charge on any atom is 0.261 e. The van der Waals surface area contributed by atoms with Crippen molar-refractivity contribution in [1.29, 1.82) is 0 Å². The highest BCUT2D eigenvalue weighted by Gasteiger charge is 2.35. The number of rotatable bonds is 8. The van der Waals surface area contributed by atoms with Crippen LogP contribution in [0.1, 0.15) is 74.2 Å². The lowest BCUT2D eigenvalue weighted by Gasteiger charge is -2.18. The highest BCUT2D eigenvalue weighted by Crippen LogP contribution is 2.25. The molecule has 0 saturated carbocycles. The third-order valence-corrected chi connectivity index (χ3v) is 5.42. The number of carbonyl (C=O) groups excluding carboxylic acids is 3. The normalized spacial score (nSPS) is 13.9. The van der Waals surface area contributed by atoms with Crippen molar-refractivity contribution in [3.63, 3.8) is 0 Å². The van der Waals surface area contributed by atoms with Gasteiger partial charge >= 0.3 is 0 Å². The molecule has 4 rings (SSSR count). The minimum absolute atomic E-state index is 0.266. The van der Waals surface area contributed by atoms with Crippen LogP contribution in [-0.2, 0) is 6.42 Å². The number of carbonyl (C=O) groups is 3. The zero-order valence-corrected chi connectivity index (χ0v) is 18.0. The Morgan fingerprint density at radius 3 is 2.53 bits per heavy atom. The first-order valence-corrected chi connectivity index (χ1v) is 10.6. The second kappa shape index (κ2) is 9.13.